The van der Waals surface area contributed by atoms with Gasteiger partial charge < -0.3 is 15.6 Å². The molecule has 0 aliphatic rings. The van der Waals surface area contributed by atoms with Crippen molar-refractivity contribution in [2.24, 2.45) is 5.92 Å². The summed E-state index contributed by atoms with van der Waals surface area (Å²) in [6, 6.07) is 0. The van der Waals surface area contributed by atoms with Crippen LogP contribution in [0.5, 0.6) is 0 Å². The van der Waals surface area contributed by atoms with Crippen molar-refractivity contribution in [2.45, 2.75) is 13.8 Å². The molecular weight excluding hydrogens is 170 g/mol. The van der Waals surface area contributed by atoms with E-state index >= 15 is 0 Å². The average molecular weight is 183 g/mol. The SMILES string of the molecule is CC(C)CNC(=O)c1cnoc1N. The normalized spacial score (nSPS) is 10.4. The molecule has 1 aromatic rings. The molecule has 0 radical (unpaired) electrons. The standard InChI is InChI=1S/C8H13N3O2/c1-5(2)3-10-8(12)6-4-11-13-7(6)9/h4-5H,3,9H2,1-2H3,(H,10,12). The summed E-state index contributed by atoms with van der Waals surface area (Å²) in [6.07, 6.45) is 1.31. The van der Waals surface area contributed by atoms with E-state index in [0.717, 1.165) is 0 Å². The molecule has 1 amide bonds. The highest BCUT2D eigenvalue weighted by Crippen LogP contribution is 2.08. The first-order valence-corrected chi connectivity index (χ1v) is 4.09. The summed E-state index contributed by atoms with van der Waals surface area (Å²) in [5, 5.41) is 6.12. The molecule has 0 aliphatic carbocycles. The lowest BCUT2D eigenvalue weighted by Crippen LogP contribution is -2.27. The zero-order chi connectivity index (χ0) is 9.84. The lowest BCUT2D eigenvalue weighted by atomic mass is 10.2. The van der Waals surface area contributed by atoms with Gasteiger partial charge in [-0.25, -0.2) is 0 Å². The summed E-state index contributed by atoms with van der Waals surface area (Å²) >= 11 is 0. The van der Waals surface area contributed by atoms with Gasteiger partial charge in [-0.3, -0.25) is 4.79 Å². The first-order chi connectivity index (χ1) is 6.11. The first-order valence-electron chi connectivity index (χ1n) is 4.09. The first kappa shape index (κ1) is 9.57. The molecule has 0 unspecified atom stereocenters. The minimum atomic E-state index is -0.243. The van der Waals surface area contributed by atoms with Gasteiger partial charge in [0.05, 0.1) is 6.20 Å². The van der Waals surface area contributed by atoms with Crippen molar-refractivity contribution in [3.8, 4) is 0 Å². The van der Waals surface area contributed by atoms with Gasteiger partial charge in [-0.15, -0.1) is 0 Å². The fraction of sp³-hybridized carbons (Fsp3) is 0.500. The number of hydrogen-bond donors (Lipinski definition) is 2. The van der Waals surface area contributed by atoms with E-state index in [2.05, 4.69) is 15.0 Å². The lowest BCUT2D eigenvalue weighted by molar-refractivity contribution is 0.0949. The number of aromatic nitrogens is 1. The molecule has 0 spiro atoms. The molecule has 0 bridgehead atoms. The number of nitrogens with zero attached hydrogens (tertiary/aromatic N) is 1. The summed E-state index contributed by atoms with van der Waals surface area (Å²) in [4.78, 5) is 11.3. The zero-order valence-corrected chi connectivity index (χ0v) is 7.70. The second-order valence-corrected chi connectivity index (χ2v) is 3.21. The van der Waals surface area contributed by atoms with Crippen LogP contribution in [0.4, 0.5) is 5.88 Å². The number of nitrogens with two attached hydrogens (primary N) is 1. The maximum atomic E-state index is 11.3. The van der Waals surface area contributed by atoms with E-state index in [9.17, 15) is 4.79 Å². The van der Waals surface area contributed by atoms with Gasteiger partial charge in [-0.1, -0.05) is 19.0 Å². The predicted molar refractivity (Wildman–Crippen MR) is 48.1 cm³/mol. The highest BCUT2D eigenvalue weighted by atomic mass is 16.5. The van der Waals surface area contributed by atoms with Gasteiger partial charge in [-0.05, 0) is 5.92 Å². The van der Waals surface area contributed by atoms with Gasteiger partial charge in [0.2, 0.25) is 5.88 Å². The molecule has 13 heavy (non-hydrogen) atoms. The minimum absolute atomic E-state index is 0.0567. The highest BCUT2D eigenvalue weighted by molar-refractivity contribution is 5.97. The maximum Gasteiger partial charge on any atom is 0.258 e. The monoisotopic (exact) mass is 183 g/mol. The van der Waals surface area contributed by atoms with Crippen LogP contribution >= 0.6 is 0 Å². The average Bonchev–Trinajstić information content (AvgIpc) is 2.47. The maximum absolute atomic E-state index is 11.3. The predicted octanol–water partition coefficient (Wildman–Crippen LogP) is 0.643. The molecule has 5 nitrogen and oxygen atoms in total. The Labute approximate surface area is 76.3 Å². The van der Waals surface area contributed by atoms with Crippen LogP contribution in [0.25, 0.3) is 0 Å². The number of nitrogen functional groups attached to an aromatic ring is 1. The van der Waals surface area contributed by atoms with E-state index in [1.807, 2.05) is 13.8 Å². The molecule has 1 heterocycles. The van der Waals surface area contributed by atoms with Crippen molar-refractivity contribution in [3.63, 3.8) is 0 Å². The zero-order valence-electron chi connectivity index (χ0n) is 7.70. The molecule has 0 saturated carbocycles. The second-order valence-electron chi connectivity index (χ2n) is 3.21. The van der Waals surface area contributed by atoms with E-state index in [1.54, 1.807) is 0 Å². The topological polar surface area (TPSA) is 81.2 Å². The summed E-state index contributed by atoms with van der Waals surface area (Å²) in [5.41, 5.74) is 5.65. The molecule has 0 aliphatic heterocycles. The molecule has 1 aromatic heterocycles. The van der Waals surface area contributed by atoms with E-state index in [4.69, 9.17) is 5.73 Å². The summed E-state index contributed by atoms with van der Waals surface area (Å²) in [5.74, 6) is 0.221. The van der Waals surface area contributed by atoms with Crippen molar-refractivity contribution in [1.82, 2.24) is 10.5 Å². The van der Waals surface area contributed by atoms with Crippen LogP contribution in [-0.4, -0.2) is 17.6 Å². The summed E-state index contributed by atoms with van der Waals surface area (Å²) in [6.45, 7) is 4.64. The molecule has 0 atom stereocenters. The van der Waals surface area contributed by atoms with Gasteiger partial charge in [-0.2, -0.15) is 0 Å². The Balaban J connectivity index is 2.54. The van der Waals surface area contributed by atoms with E-state index in [0.29, 0.717) is 18.0 Å². The van der Waals surface area contributed by atoms with Gasteiger partial charge in [0.25, 0.3) is 5.91 Å². The molecule has 0 fully saturated rings. The number of amides is 1. The fourth-order valence-electron chi connectivity index (χ4n) is 0.811. The van der Waals surface area contributed by atoms with Crippen LogP contribution < -0.4 is 11.1 Å². The third-order valence-corrected chi connectivity index (χ3v) is 1.51. The van der Waals surface area contributed by atoms with Crippen LogP contribution in [0.1, 0.15) is 24.2 Å². The Kier molecular flexibility index (Phi) is 2.89. The van der Waals surface area contributed by atoms with Crippen molar-refractivity contribution in [2.75, 3.05) is 12.3 Å². The molecule has 3 N–H and O–H groups in total. The van der Waals surface area contributed by atoms with Crippen LogP contribution in [0.3, 0.4) is 0 Å². The number of nitrogens with one attached hydrogen (secondary N) is 1. The largest absolute Gasteiger partial charge is 0.367 e. The lowest BCUT2D eigenvalue weighted by Gasteiger charge is -2.05. The van der Waals surface area contributed by atoms with Crippen LogP contribution in [0, 0.1) is 5.92 Å². The van der Waals surface area contributed by atoms with Gasteiger partial charge in [0.15, 0.2) is 0 Å². The number of carbonyl (C=O) groups excluding carboxylic acids is 1. The quantitative estimate of drug-likeness (QED) is 0.720. The Bertz CT molecular complexity index is 293. The van der Waals surface area contributed by atoms with Crippen LogP contribution in [-0.2, 0) is 0 Å². The molecular formula is C8H13N3O2. The number of rotatable bonds is 3. The van der Waals surface area contributed by atoms with Crippen LogP contribution in [0.2, 0.25) is 0 Å². The Hall–Kier alpha value is -1.52. The van der Waals surface area contributed by atoms with E-state index in [1.165, 1.54) is 6.20 Å². The molecule has 0 aromatic carbocycles. The molecule has 72 valence electrons. The second kappa shape index (κ2) is 3.93. The fourth-order valence-corrected chi connectivity index (χ4v) is 0.811. The Morgan fingerprint density at radius 3 is 2.92 bits per heavy atom. The Morgan fingerprint density at radius 2 is 2.46 bits per heavy atom. The van der Waals surface area contributed by atoms with Gasteiger partial charge in [0, 0.05) is 6.54 Å². The third kappa shape index (κ3) is 2.47. The minimum Gasteiger partial charge on any atom is -0.367 e. The summed E-state index contributed by atoms with van der Waals surface area (Å²) in [7, 11) is 0. The van der Waals surface area contributed by atoms with E-state index < -0.39 is 0 Å². The third-order valence-electron chi connectivity index (χ3n) is 1.51. The van der Waals surface area contributed by atoms with Gasteiger partial charge in [0.1, 0.15) is 5.56 Å². The highest BCUT2D eigenvalue weighted by Gasteiger charge is 2.12. The van der Waals surface area contributed by atoms with Crippen molar-refractivity contribution < 1.29 is 9.32 Å². The van der Waals surface area contributed by atoms with Crippen molar-refractivity contribution in [3.05, 3.63) is 11.8 Å². The van der Waals surface area contributed by atoms with Crippen LogP contribution in [0.15, 0.2) is 10.7 Å². The number of anilines is 1. The number of carbonyl (C=O) groups is 1. The number of hydrogen-bond acceptors (Lipinski definition) is 4. The molecule has 1 rings (SSSR count). The van der Waals surface area contributed by atoms with Gasteiger partial charge >= 0.3 is 0 Å². The molecule has 5 heteroatoms. The summed E-state index contributed by atoms with van der Waals surface area (Å²) < 4.78 is 4.56. The molecule has 0 saturated heterocycles. The Morgan fingerprint density at radius 1 is 1.77 bits per heavy atom. The smallest absolute Gasteiger partial charge is 0.258 e. The van der Waals surface area contributed by atoms with Crippen molar-refractivity contribution in [1.29, 1.82) is 0 Å². The van der Waals surface area contributed by atoms with Crippen molar-refractivity contribution >= 4 is 11.8 Å². The van der Waals surface area contributed by atoms with E-state index in [-0.39, 0.29) is 11.8 Å².